The zero-order valence-electron chi connectivity index (χ0n) is 15.5. The molecule has 1 atom stereocenters. The van der Waals surface area contributed by atoms with Crippen LogP contribution in [0.5, 0.6) is 5.75 Å². The number of hydrogen-bond donors (Lipinski definition) is 1. The number of aryl methyl sites for hydroxylation is 2. The number of ketones is 1. The highest BCUT2D eigenvalue weighted by Crippen LogP contribution is 2.38. The Bertz CT molecular complexity index is 722. The van der Waals surface area contributed by atoms with Crippen LogP contribution in [0.25, 0.3) is 0 Å². The van der Waals surface area contributed by atoms with Gasteiger partial charge in [-0.2, -0.15) is 0 Å². The van der Waals surface area contributed by atoms with Crippen molar-refractivity contribution in [2.45, 2.75) is 52.9 Å². The van der Waals surface area contributed by atoms with Gasteiger partial charge in [0.2, 0.25) is 0 Å². The number of allylic oxidation sites excluding steroid dienone is 2. The van der Waals surface area contributed by atoms with E-state index in [1.165, 1.54) is 0 Å². The molecule has 0 radical (unpaired) electrons. The Labute approximate surface area is 148 Å². The zero-order valence-corrected chi connectivity index (χ0v) is 15.5. The van der Waals surface area contributed by atoms with Crippen LogP contribution in [0.15, 0.2) is 22.6 Å². The third-order valence-corrected chi connectivity index (χ3v) is 4.27. The van der Waals surface area contributed by atoms with Crippen molar-refractivity contribution < 1.29 is 19.5 Å². The lowest BCUT2D eigenvalue weighted by molar-refractivity contribution is -0.116. The van der Waals surface area contributed by atoms with E-state index in [9.17, 15) is 9.90 Å². The van der Waals surface area contributed by atoms with Gasteiger partial charge in [0, 0.05) is 24.5 Å². The van der Waals surface area contributed by atoms with Crippen LogP contribution >= 0.6 is 0 Å². The number of pyridine rings is 1. The number of aromatic nitrogens is 1. The summed E-state index contributed by atoms with van der Waals surface area (Å²) in [7, 11) is 1.60. The predicted octanol–water partition coefficient (Wildman–Crippen LogP) is 3.77. The number of Topliss-reactive ketones (excluding diaryl/α,β-unsaturated/α-hetero) is 1. The van der Waals surface area contributed by atoms with Crippen LogP contribution in [-0.4, -0.2) is 35.3 Å². The fourth-order valence-electron chi connectivity index (χ4n) is 3.24. The lowest BCUT2D eigenvalue weighted by atomic mass is 9.82. The van der Waals surface area contributed by atoms with Crippen molar-refractivity contribution in [3.05, 3.63) is 34.3 Å². The van der Waals surface area contributed by atoms with E-state index in [4.69, 9.17) is 9.57 Å². The first kappa shape index (κ1) is 19.0. The summed E-state index contributed by atoms with van der Waals surface area (Å²) in [5.74, 6) is 0.370. The van der Waals surface area contributed by atoms with E-state index in [-0.39, 0.29) is 29.5 Å². The van der Waals surface area contributed by atoms with E-state index in [1.54, 1.807) is 7.11 Å². The Kier molecular flexibility index (Phi) is 6.17. The monoisotopic (exact) mass is 346 g/mol. The number of aliphatic hydroxyl groups excluding tert-OH is 1. The molecule has 0 saturated carbocycles. The maximum atomic E-state index is 12.7. The van der Waals surface area contributed by atoms with Crippen LogP contribution in [0, 0.1) is 13.8 Å². The van der Waals surface area contributed by atoms with Crippen LogP contribution in [-0.2, 0) is 9.63 Å². The highest BCUT2D eigenvalue weighted by molar-refractivity contribution is 6.23. The second-order valence-electron chi connectivity index (χ2n) is 6.16. The van der Waals surface area contributed by atoms with Crippen LogP contribution in [0.2, 0.25) is 0 Å². The molecular formula is C19H26N2O4. The number of methoxy groups -OCH3 is 1. The third-order valence-electron chi connectivity index (χ3n) is 4.27. The quantitative estimate of drug-likeness (QED) is 0.626. The van der Waals surface area contributed by atoms with Crippen molar-refractivity contribution in [2.24, 2.45) is 5.16 Å². The van der Waals surface area contributed by atoms with Crippen LogP contribution in [0.1, 0.15) is 56.0 Å². The van der Waals surface area contributed by atoms with Gasteiger partial charge in [-0.1, -0.05) is 12.1 Å². The Morgan fingerprint density at radius 1 is 1.36 bits per heavy atom. The summed E-state index contributed by atoms with van der Waals surface area (Å²) in [5.41, 5.74) is 3.33. The molecule has 1 N–H and O–H groups in total. The predicted molar refractivity (Wildman–Crippen MR) is 96.3 cm³/mol. The molecule has 0 aromatic carbocycles. The molecule has 1 aliphatic rings. The SMILES string of the molecule is CCO/N=C(\CC)C1=C(O)CC(c2nc(C)cc(C)c2OC)CC1=O. The fraction of sp³-hybridized carbons (Fsp3) is 0.526. The number of rotatable bonds is 6. The summed E-state index contributed by atoms with van der Waals surface area (Å²) < 4.78 is 5.49. The second kappa shape index (κ2) is 8.14. The third kappa shape index (κ3) is 4.00. The summed E-state index contributed by atoms with van der Waals surface area (Å²) in [6, 6.07) is 1.94. The molecule has 1 aliphatic carbocycles. The topological polar surface area (TPSA) is 81.0 Å². The molecule has 0 bridgehead atoms. The minimum Gasteiger partial charge on any atom is -0.511 e. The van der Waals surface area contributed by atoms with Gasteiger partial charge >= 0.3 is 0 Å². The number of oxime groups is 1. The number of nitrogens with zero attached hydrogens (tertiary/aromatic N) is 2. The van der Waals surface area contributed by atoms with Crippen LogP contribution in [0.4, 0.5) is 0 Å². The molecule has 1 aromatic heterocycles. The lowest BCUT2D eigenvalue weighted by Gasteiger charge is -2.25. The van der Waals surface area contributed by atoms with Crippen molar-refractivity contribution in [3.8, 4) is 5.75 Å². The van der Waals surface area contributed by atoms with E-state index in [0.717, 1.165) is 17.0 Å². The molecule has 0 spiro atoms. The zero-order chi connectivity index (χ0) is 18.6. The standard InChI is InChI=1S/C19H26N2O4/c1-6-14(21-25-7-2)17-15(22)9-13(10-16(17)23)18-19(24-5)11(3)8-12(4)20-18/h8,13,22H,6-7,9-10H2,1-5H3/b21-14+. The smallest absolute Gasteiger partial charge is 0.168 e. The molecule has 0 amide bonds. The number of carbonyl (C=O) groups is 1. The van der Waals surface area contributed by atoms with E-state index in [2.05, 4.69) is 10.1 Å². The molecule has 136 valence electrons. The Hall–Kier alpha value is -2.37. The highest BCUT2D eigenvalue weighted by atomic mass is 16.6. The van der Waals surface area contributed by atoms with Crippen molar-refractivity contribution in [1.82, 2.24) is 4.98 Å². The summed E-state index contributed by atoms with van der Waals surface area (Å²) in [6.07, 6.45) is 1.11. The van der Waals surface area contributed by atoms with Gasteiger partial charge in [0.15, 0.2) is 5.78 Å². The van der Waals surface area contributed by atoms with E-state index < -0.39 is 0 Å². The molecule has 1 unspecified atom stereocenters. The number of hydrogen-bond acceptors (Lipinski definition) is 6. The summed E-state index contributed by atoms with van der Waals surface area (Å²) in [6.45, 7) is 7.98. The molecule has 0 saturated heterocycles. The highest BCUT2D eigenvalue weighted by Gasteiger charge is 2.33. The van der Waals surface area contributed by atoms with Crippen LogP contribution < -0.4 is 4.74 Å². The van der Waals surface area contributed by atoms with Crippen LogP contribution in [0.3, 0.4) is 0 Å². The van der Waals surface area contributed by atoms with Crippen molar-refractivity contribution >= 4 is 11.5 Å². The van der Waals surface area contributed by atoms with Gasteiger partial charge in [-0.15, -0.1) is 0 Å². The van der Waals surface area contributed by atoms with Gasteiger partial charge in [0.05, 0.1) is 24.1 Å². The average molecular weight is 346 g/mol. The molecule has 2 rings (SSSR count). The molecular weight excluding hydrogens is 320 g/mol. The fourth-order valence-corrected chi connectivity index (χ4v) is 3.24. The molecule has 6 heteroatoms. The van der Waals surface area contributed by atoms with Gasteiger partial charge < -0.3 is 14.7 Å². The number of carbonyl (C=O) groups excluding carboxylic acids is 1. The van der Waals surface area contributed by atoms with Crippen molar-refractivity contribution in [2.75, 3.05) is 13.7 Å². The largest absolute Gasteiger partial charge is 0.511 e. The average Bonchev–Trinajstić information content (AvgIpc) is 2.56. The number of ether oxygens (including phenoxy) is 1. The van der Waals surface area contributed by atoms with Crippen molar-refractivity contribution in [1.29, 1.82) is 0 Å². The molecule has 6 nitrogen and oxygen atoms in total. The molecule has 0 fully saturated rings. The molecule has 1 heterocycles. The van der Waals surface area contributed by atoms with Gasteiger partial charge in [-0.25, -0.2) is 0 Å². The first-order valence-corrected chi connectivity index (χ1v) is 8.59. The van der Waals surface area contributed by atoms with E-state index >= 15 is 0 Å². The van der Waals surface area contributed by atoms with Crippen molar-refractivity contribution in [3.63, 3.8) is 0 Å². The minimum absolute atomic E-state index is 0.0459. The second-order valence-corrected chi connectivity index (χ2v) is 6.16. The summed E-state index contributed by atoms with van der Waals surface area (Å²) in [4.78, 5) is 22.3. The Morgan fingerprint density at radius 2 is 2.08 bits per heavy atom. The molecule has 1 aromatic rings. The first-order valence-electron chi connectivity index (χ1n) is 8.59. The first-order chi connectivity index (χ1) is 11.9. The van der Waals surface area contributed by atoms with Gasteiger partial charge in [0.1, 0.15) is 18.1 Å². The summed E-state index contributed by atoms with van der Waals surface area (Å²) in [5, 5.41) is 14.5. The van der Waals surface area contributed by atoms with Gasteiger partial charge in [-0.05, 0) is 38.8 Å². The normalized spacial score (nSPS) is 18.5. The van der Waals surface area contributed by atoms with E-state index in [1.807, 2.05) is 33.8 Å². The summed E-state index contributed by atoms with van der Waals surface area (Å²) >= 11 is 0. The number of aliphatic hydroxyl groups is 1. The van der Waals surface area contributed by atoms with E-state index in [0.29, 0.717) is 30.9 Å². The van der Waals surface area contributed by atoms with Gasteiger partial charge in [-0.3, -0.25) is 9.78 Å². The molecule has 25 heavy (non-hydrogen) atoms. The Morgan fingerprint density at radius 3 is 2.64 bits per heavy atom. The lowest BCUT2D eigenvalue weighted by Crippen LogP contribution is -2.24. The maximum absolute atomic E-state index is 12.7. The Balaban J connectivity index is 2.41. The maximum Gasteiger partial charge on any atom is 0.168 e. The van der Waals surface area contributed by atoms with Gasteiger partial charge in [0.25, 0.3) is 0 Å². The molecule has 0 aliphatic heterocycles. The minimum atomic E-state index is -0.213.